The van der Waals surface area contributed by atoms with Crippen molar-refractivity contribution in [3.05, 3.63) is 58.9 Å². The Labute approximate surface area is 113 Å². The quantitative estimate of drug-likeness (QED) is 0.759. The monoisotopic (exact) mass is 261 g/mol. The topological polar surface area (TPSA) is 22.1 Å². The van der Waals surface area contributed by atoms with Gasteiger partial charge in [0.15, 0.2) is 0 Å². The number of nitrogens with zero attached hydrogens (tertiary/aromatic N) is 1. The Kier molecular flexibility index (Phi) is 4.21. The van der Waals surface area contributed by atoms with Crippen LogP contribution in [0.1, 0.15) is 30.9 Å². The zero-order valence-corrected chi connectivity index (χ0v) is 11.3. The van der Waals surface area contributed by atoms with Crippen molar-refractivity contribution in [2.24, 2.45) is 0 Å². The van der Waals surface area contributed by atoms with E-state index in [1.165, 1.54) is 5.56 Å². The van der Waals surface area contributed by atoms with E-state index in [-0.39, 0.29) is 0 Å². The molecule has 18 heavy (non-hydrogen) atoms. The number of pyridine rings is 1. The van der Waals surface area contributed by atoms with E-state index in [1.807, 2.05) is 24.3 Å². The standard InChI is InChI=1S/C15H16ClNO/c1-11(2)13-4-3-5-14(9-13)18-10-12-6-7-17-15(16)8-12/h3-9,11H,10H2,1-2H3. The maximum Gasteiger partial charge on any atom is 0.129 e. The van der Waals surface area contributed by atoms with Gasteiger partial charge >= 0.3 is 0 Å². The second kappa shape index (κ2) is 5.87. The van der Waals surface area contributed by atoms with Gasteiger partial charge in [0.05, 0.1) is 0 Å². The van der Waals surface area contributed by atoms with Gasteiger partial charge in [0, 0.05) is 6.20 Å². The van der Waals surface area contributed by atoms with Gasteiger partial charge in [0.2, 0.25) is 0 Å². The highest BCUT2D eigenvalue weighted by Gasteiger charge is 2.02. The molecule has 0 aliphatic carbocycles. The Bertz CT molecular complexity index is 525. The predicted molar refractivity (Wildman–Crippen MR) is 74.1 cm³/mol. The fourth-order valence-corrected chi connectivity index (χ4v) is 1.86. The highest BCUT2D eigenvalue weighted by molar-refractivity contribution is 6.29. The third-order valence-electron chi connectivity index (χ3n) is 2.72. The molecular formula is C15H16ClNO. The Morgan fingerprint density at radius 1 is 1.22 bits per heavy atom. The van der Waals surface area contributed by atoms with Crippen LogP contribution in [0, 0.1) is 0 Å². The molecule has 0 aliphatic rings. The second-order valence-electron chi connectivity index (χ2n) is 4.50. The molecule has 0 spiro atoms. The van der Waals surface area contributed by atoms with Gasteiger partial charge in [-0.15, -0.1) is 0 Å². The molecule has 0 amide bonds. The van der Waals surface area contributed by atoms with Crippen molar-refractivity contribution in [1.29, 1.82) is 0 Å². The van der Waals surface area contributed by atoms with Crippen LogP contribution in [0.25, 0.3) is 0 Å². The van der Waals surface area contributed by atoms with E-state index >= 15 is 0 Å². The zero-order chi connectivity index (χ0) is 13.0. The summed E-state index contributed by atoms with van der Waals surface area (Å²) in [6, 6.07) is 11.9. The van der Waals surface area contributed by atoms with E-state index in [1.54, 1.807) is 6.20 Å². The Morgan fingerprint density at radius 2 is 2.06 bits per heavy atom. The van der Waals surface area contributed by atoms with Crippen LogP contribution in [-0.2, 0) is 6.61 Å². The lowest BCUT2D eigenvalue weighted by molar-refractivity contribution is 0.305. The largest absolute Gasteiger partial charge is 0.489 e. The van der Waals surface area contributed by atoms with Crippen LogP contribution < -0.4 is 4.74 Å². The minimum atomic E-state index is 0.493. The fourth-order valence-electron chi connectivity index (χ4n) is 1.66. The van der Waals surface area contributed by atoms with Crippen LogP contribution in [0.4, 0.5) is 0 Å². The van der Waals surface area contributed by atoms with Crippen LogP contribution in [-0.4, -0.2) is 4.98 Å². The van der Waals surface area contributed by atoms with Gasteiger partial charge in [-0.3, -0.25) is 0 Å². The highest BCUT2D eigenvalue weighted by atomic mass is 35.5. The van der Waals surface area contributed by atoms with Crippen LogP contribution in [0.3, 0.4) is 0 Å². The maximum atomic E-state index is 5.83. The summed E-state index contributed by atoms with van der Waals surface area (Å²) in [6.07, 6.45) is 1.69. The molecule has 1 aromatic heterocycles. The Hall–Kier alpha value is -1.54. The molecule has 2 rings (SSSR count). The number of halogens is 1. The van der Waals surface area contributed by atoms with Gasteiger partial charge in [-0.1, -0.05) is 37.6 Å². The first-order valence-electron chi connectivity index (χ1n) is 5.98. The summed E-state index contributed by atoms with van der Waals surface area (Å²) in [5, 5.41) is 0.493. The molecule has 0 N–H and O–H groups in total. The summed E-state index contributed by atoms with van der Waals surface area (Å²) in [4.78, 5) is 3.94. The van der Waals surface area contributed by atoms with Crippen molar-refractivity contribution in [2.75, 3.05) is 0 Å². The number of ether oxygens (including phenoxy) is 1. The number of benzene rings is 1. The summed E-state index contributed by atoms with van der Waals surface area (Å²) in [6.45, 7) is 4.84. The zero-order valence-electron chi connectivity index (χ0n) is 10.6. The first-order valence-corrected chi connectivity index (χ1v) is 6.36. The third kappa shape index (κ3) is 3.47. The molecule has 0 radical (unpaired) electrons. The molecular weight excluding hydrogens is 246 g/mol. The number of hydrogen-bond acceptors (Lipinski definition) is 2. The van der Waals surface area contributed by atoms with E-state index in [9.17, 15) is 0 Å². The lowest BCUT2D eigenvalue weighted by Gasteiger charge is -2.10. The molecule has 0 saturated heterocycles. The molecule has 94 valence electrons. The Balaban J connectivity index is 2.04. The molecule has 2 nitrogen and oxygen atoms in total. The van der Waals surface area contributed by atoms with Gasteiger partial charge in [-0.25, -0.2) is 4.98 Å². The molecule has 0 unspecified atom stereocenters. The predicted octanol–water partition coefficient (Wildman–Crippen LogP) is 4.44. The van der Waals surface area contributed by atoms with Crippen molar-refractivity contribution >= 4 is 11.6 Å². The van der Waals surface area contributed by atoms with Crippen molar-refractivity contribution < 1.29 is 4.74 Å². The number of hydrogen-bond donors (Lipinski definition) is 0. The SMILES string of the molecule is CC(C)c1cccc(OCc2ccnc(Cl)c2)c1. The van der Waals surface area contributed by atoms with E-state index in [0.717, 1.165) is 11.3 Å². The minimum absolute atomic E-state index is 0.493. The van der Waals surface area contributed by atoms with Gasteiger partial charge in [-0.2, -0.15) is 0 Å². The van der Waals surface area contributed by atoms with Crippen LogP contribution >= 0.6 is 11.6 Å². The smallest absolute Gasteiger partial charge is 0.129 e. The minimum Gasteiger partial charge on any atom is -0.489 e. The van der Waals surface area contributed by atoms with Gasteiger partial charge in [-0.05, 0) is 41.3 Å². The third-order valence-corrected chi connectivity index (χ3v) is 2.93. The molecule has 1 aromatic carbocycles. The average molecular weight is 262 g/mol. The number of aromatic nitrogens is 1. The summed E-state index contributed by atoms with van der Waals surface area (Å²) < 4.78 is 5.75. The highest BCUT2D eigenvalue weighted by Crippen LogP contribution is 2.21. The lowest BCUT2D eigenvalue weighted by atomic mass is 10.0. The second-order valence-corrected chi connectivity index (χ2v) is 4.89. The van der Waals surface area contributed by atoms with Crippen molar-refractivity contribution in [1.82, 2.24) is 4.98 Å². The first-order chi connectivity index (χ1) is 8.65. The van der Waals surface area contributed by atoms with Crippen molar-refractivity contribution in [2.45, 2.75) is 26.4 Å². The van der Waals surface area contributed by atoms with Gasteiger partial charge in [0.1, 0.15) is 17.5 Å². The molecule has 3 heteroatoms. The van der Waals surface area contributed by atoms with E-state index < -0.39 is 0 Å². The molecule has 0 atom stereocenters. The lowest BCUT2D eigenvalue weighted by Crippen LogP contribution is -1.97. The molecule has 2 aromatic rings. The van der Waals surface area contributed by atoms with Crippen LogP contribution in [0.2, 0.25) is 5.15 Å². The molecule has 0 aliphatic heterocycles. The van der Waals surface area contributed by atoms with Gasteiger partial charge in [0.25, 0.3) is 0 Å². The van der Waals surface area contributed by atoms with Gasteiger partial charge < -0.3 is 4.74 Å². The van der Waals surface area contributed by atoms with Crippen molar-refractivity contribution in [3.8, 4) is 5.75 Å². The van der Waals surface area contributed by atoms with E-state index in [4.69, 9.17) is 16.3 Å². The van der Waals surface area contributed by atoms with E-state index in [0.29, 0.717) is 17.7 Å². The summed E-state index contributed by atoms with van der Waals surface area (Å²) in [5.74, 6) is 1.39. The molecule has 0 saturated carbocycles. The molecule has 0 fully saturated rings. The molecule has 1 heterocycles. The fraction of sp³-hybridized carbons (Fsp3) is 0.267. The molecule has 0 bridgehead atoms. The van der Waals surface area contributed by atoms with Crippen LogP contribution in [0.5, 0.6) is 5.75 Å². The van der Waals surface area contributed by atoms with Crippen molar-refractivity contribution in [3.63, 3.8) is 0 Å². The summed E-state index contributed by atoms with van der Waals surface area (Å²) in [5.41, 5.74) is 2.30. The number of rotatable bonds is 4. The average Bonchev–Trinajstić information content (AvgIpc) is 2.37. The summed E-state index contributed by atoms with van der Waals surface area (Å²) >= 11 is 5.83. The van der Waals surface area contributed by atoms with E-state index in [2.05, 4.69) is 31.0 Å². The maximum absolute atomic E-state index is 5.83. The summed E-state index contributed by atoms with van der Waals surface area (Å²) in [7, 11) is 0. The Morgan fingerprint density at radius 3 is 2.78 bits per heavy atom. The normalized spacial score (nSPS) is 10.7. The first kappa shape index (κ1) is 12.9. The van der Waals surface area contributed by atoms with Crippen LogP contribution in [0.15, 0.2) is 42.6 Å².